The second-order valence-corrected chi connectivity index (χ2v) is 3.18. The minimum Gasteiger partial charge on any atom is -0.386 e. The predicted molar refractivity (Wildman–Crippen MR) is 35.8 cm³/mol. The van der Waals surface area contributed by atoms with Gasteiger partial charge in [0.25, 0.3) is 0 Å². The quantitative estimate of drug-likeness (QED) is 0.346. The molecule has 61 valence electrons. The summed E-state index contributed by atoms with van der Waals surface area (Å²) in [6.45, 7) is 2.04. The number of hydrogen-bond acceptors (Lipinski definition) is 5. The SMILES string of the molecule is CCO[Si](O)OOS(C)=O. The maximum atomic E-state index is 10.2. The van der Waals surface area contributed by atoms with Crippen LogP contribution in [-0.2, 0) is 24.4 Å². The van der Waals surface area contributed by atoms with Gasteiger partial charge in [-0.25, -0.2) is 8.79 Å². The van der Waals surface area contributed by atoms with Gasteiger partial charge in [0.05, 0.1) is 0 Å². The lowest BCUT2D eigenvalue weighted by Gasteiger charge is -2.02. The van der Waals surface area contributed by atoms with Gasteiger partial charge in [-0.05, 0) is 6.92 Å². The molecule has 0 aromatic rings. The molecule has 5 nitrogen and oxygen atoms in total. The summed E-state index contributed by atoms with van der Waals surface area (Å²) in [6, 6.07) is 0. The molecule has 0 aliphatic rings. The van der Waals surface area contributed by atoms with Gasteiger partial charge in [0.1, 0.15) is 0 Å². The fraction of sp³-hybridized carbons (Fsp3) is 1.00. The van der Waals surface area contributed by atoms with Crippen LogP contribution in [0, 0.1) is 0 Å². The summed E-state index contributed by atoms with van der Waals surface area (Å²) in [5.74, 6) is 0. The highest BCUT2D eigenvalue weighted by atomic mass is 32.2. The lowest BCUT2D eigenvalue weighted by atomic mass is 10.9. The molecular weight excluding hydrogens is 176 g/mol. The summed E-state index contributed by atoms with van der Waals surface area (Å²) in [4.78, 5) is 8.70. The second kappa shape index (κ2) is 5.95. The molecule has 0 aromatic carbocycles. The van der Waals surface area contributed by atoms with Crippen LogP contribution in [0.15, 0.2) is 0 Å². The van der Waals surface area contributed by atoms with Crippen molar-refractivity contribution in [3.63, 3.8) is 0 Å². The van der Waals surface area contributed by atoms with Crippen LogP contribution in [0.4, 0.5) is 0 Å². The molecule has 0 saturated heterocycles. The Morgan fingerprint density at radius 2 is 2.30 bits per heavy atom. The summed E-state index contributed by atoms with van der Waals surface area (Å²) in [6.07, 6.45) is 1.28. The van der Waals surface area contributed by atoms with Crippen molar-refractivity contribution in [2.45, 2.75) is 6.92 Å². The zero-order chi connectivity index (χ0) is 7.98. The molecule has 0 spiro atoms. The van der Waals surface area contributed by atoms with Gasteiger partial charge in [0.2, 0.25) is 0 Å². The van der Waals surface area contributed by atoms with E-state index >= 15 is 0 Å². The molecule has 0 aromatic heterocycles. The van der Waals surface area contributed by atoms with E-state index in [-0.39, 0.29) is 0 Å². The summed E-state index contributed by atoms with van der Waals surface area (Å²) < 4.78 is 23.0. The highest BCUT2D eigenvalue weighted by Crippen LogP contribution is 1.87. The summed E-state index contributed by atoms with van der Waals surface area (Å²) in [7, 11) is -2.35. The lowest BCUT2D eigenvalue weighted by molar-refractivity contribution is -0.131. The zero-order valence-electron chi connectivity index (χ0n) is 5.70. The summed E-state index contributed by atoms with van der Waals surface area (Å²) in [5, 5.41) is 0. The van der Waals surface area contributed by atoms with Crippen molar-refractivity contribution in [3.05, 3.63) is 0 Å². The molecule has 7 heteroatoms. The van der Waals surface area contributed by atoms with Crippen LogP contribution in [0.25, 0.3) is 0 Å². The van der Waals surface area contributed by atoms with Crippen molar-refractivity contribution in [2.75, 3.05) is 12.9 Å². The molecule has 1 radical (unpaired) electrons. The Morgan fingerprint density at radius 3 is 2.70 bits per heavy atom. The molecule has 0 rings (SSSR count). The molecule has 1 N–H and O–H groups in total. The first-order chi connectivity index (χ1) is 4.66. The zero-order valence-corrected chi connectivity index (χ0v) is 7.51. The van der Waals surface area contributed by atoms with E-state index in [9.17, 15) is 4.21 Å². The average molecular weight is 185 g/mol. The molecule has 10 heavy (non-hydrogen) atoms. The van der Waals surface area contributed by atoms with Crippen molar-refractivity contribution in [2.24, 2.45) is 0 Å². The molecule has 0 fully saturated rings. The third-order valence-corrected chi connectivity index (χ3v) is 1.61. The molecule has 0 amide bonds. The van der Waals surface area contributed by atoms with Crippen molar-refractivity contribution in [1.29, 1.82) is 0 Å². The Balaban J connectivity index is 3.21. The molecule has 0 bridgehead atoms. The van der Waals surface area contributed by atoms with Gasteiger partial charge in [-0.1, -0.05) is 0 Å². The highest BCUT2D eigenvalue weighted by Gasteiger charge is 2.14. The largest absolute Gasteiger partial charge is 0.605 e. The Labute approximate surface area is 63.5 Å². The molecule has 0 aliphatic heterocycles. The normalized spacial score (nSPS) is 14.0. The van der Waals surface area contributed by atoms with Gasteiger partial charge >= 0.3 is 9.53 Å². The first-order valence-corrected chi connectivity index (χ1v) is 5.28. The van der Waals surface area contributed by atoms with Gasteiger partial charge in [-0.15, -0.1) is 4.33 Å². The van der Waals surface area contributed by atoms with E-state index < -0.39 is 20.6 Å². The van der Waals surface area contributed by atoms with Crippen LogP contribution in [0.3, 0.4) is 0 Å². The standard InChI is InChI=1S/C3H9O5SSi/c1-3-6-10(5)8-7-9(2)4/h5H,3H2,1-2H3. The molecule has 1 atom stereocenters. The minimum absolute atomic E-state index is 0.338. The van der Waals surface area contributed by atoms with E-state index in [0.29, 0.717) is 6.61 Å². The van der Waals surface area contributed by atoms with Crippen LogP contribution in [-0.4, -0.2) is 31.4 Å². The monoisotopic (exact) mass is 185 g/mol. The molecular formula is C3H9O5SSi. The topological polar surface area (TPSA) is 65.0 Å². The second-order valence-electron chi connectivity index (χ2n) is 1.25. The Morgan fingerprint density at radius 1 is 1.70 bits per heavy atom. The van der Waals surface area contributed by atoms with E-state index in [4.69, 9.17) is 4.80 Å². The Bertz CT molecular complexity index is 109. The average Bonchev–Trinajstić information content (AvgIpc) is 1.85. The van der Waals surface area contributed by atoms with Crippen LogP contribution in [0.5, 0.6) is 0 Å². The summed E-state index contributed by atoms with van der Waals surface area (Å²) in [5.41, 5.74) is 0. The maximum Gasteiger partial charge on any atom is 0.605 e. The van der Waals surface area contributed by atoms with Gasteiger partial charge in [0.15, 0.2) is 11.1 Å². The Hall–Kier alpha value is 0.207. The van der Waals surface area contributed by atoms with Crippen molar-refractivity contribution < 1.29 is 22.3 Å². The van der Waals surface area contributed by atoms with Crippen LogP contribution in [0.1, 0.15) is 6.92 Å². The van der Waals surface area contributed by atoms with Crippen molar-refractivity contribution >= 4 is 20.6 Å². The van der Waals surface area contributed by atoms with Gasteiger partial charge in [0, 0.05) is 12.9 Å². The molecule has 0 heterocycles. The van der Waals surface area contributed by atoms with Crippen LogP contribution >= 0.6 is 0 Å². The number of rotatable bonds is 5. The van der Waals surface area contributed by atoms with Gasteiger partial charge in [-0.2, -0.15) is 0 Å². The highest BCUT2D eigenvalue weighted by molar-refractivity contribution is 7.79. The molecule has 0 aliphatic carbocycles. The van der Waals surface area contributed by atoms with Gasteiger partial charge < -0.3 is 9.22 Å². The van der Waals surface area contributed by atoms with Crippen molar-refractivity contribution in [3.8, 4) is 0 Å². The van der Waals surface area contributed by atoms with Crippen LogP contribution in [0.2, 0.25) is 0 Å². The van der Waals surface area contributed by atoms with E-state index in [1.165, 1.54) is 6.26 Å². The predicted octanol–water partition coefficient (Wildman–Crippen LogP) is -0.758. The lowest BCUT2D eigenvalue weighted by Crippen LogP contribution is -2.22. The van der Waals surface area contributed by atoms with E-state index in [2.05, 4.69) is 13.3 Å². The van der Waals surface area contributed by atoms with E-state index in [1.54, 1.807) is 6.92 Å². The fourth-order valence-electron chi connectivity index (χ4n) is 0.225. The first-order valence-electron chi connectivity index (χ1n) is 2.54. The van der Waals surface area contributed by atoms with E-state index in [0.717, 1.165) is 0 Å². The maximum absolute atomic E-state index is 10.2. The van der Waals surface area contributed by atoms with Gasteiger partial charge in [-0.3, -0.25) is 0 Å². The van der Waals surface area contributed by atoms with E-state index in [1.807, 2.05) is 0 Å². The Kier molecular flexibility index (Phi) is 6.08. The third kappa shape index (κ3) is 6.33. The van der Waals surface area contributed by atoms with Crippen molar-refractivity contribution in [1.82, 2.24) is 0 Å². The first kappa shape index (κ1) is 10.2. The smallest absolute Gasteiger partial charge is 0.386 e. The fourth-order valence-corrected chi connectivity index (χ4v) is 1.14. The summed E-state index contributed by atoms with van der Waals surface area (Å²) >= 11 is -1.53. The third-order valence-electron chi connectivity index (χ3n) is 0.469. The minimum atomic E-state index is -2.35. The molecule has 1 unspecified atom stereocenters. The van der Waals surface area contributed by atoms with Crippen LogP contribution < -0.4 is 0 Å². The number of hydrogen-bond donors (Lipinski definition) is 1. The molecule has 0 saturated carbocycles.